The summed E-state index contributed by atoms with van der Waals surface area (Å²) in [5.41, 5.74) is 17.0. The number of likely N-dealkylation sites (tertiary alicyclic amines) is 2. The second kappa shape index (κ2) is 24.7. The molecular weight excluding hydrogens is 1160 g/mol. The minimum absolute atomic E-state index is 0.0584. The van der Waals surface area contributed by atoms with Crippen molar-refractivity contribution in [1.29, 1.82) is 0 Å². The normalized spacial score (nSPS) is 17.1. The predicted octanol–water partition coefficient (Wildman–Crippen LogP) is 10.3. The molecule has 2 fully saturated rings. The number of nitrogens with two attached hydrogens (primary N) is 1. The van der Waals surface area contributed by atoms with Gasteiger partial charge in [-0.25, -0.2) is 8.78 Å². The van der Waals surface area contributed by atoms with Gasteiger partial charge in [-0.1, -0.05) is 43.5 Å². The molecule has 6 aliphatic heterocycles. The Labute approximate surface area is 479 Å². The summed E-state index contributed by atoms with van der Waals surface area (Å²) in [4.78, 5) is 74.8. The Morgan fingerprint density at radius 2 is 1.09 bits per heavy atom. The summed E-state index contributed by atoms with van der Waals surface area (Å²) in [5.74, 6) is -0.317. The van der Waals surface area contributed by atoms with Crippen LogP contribution in [0.2, 0.25) is 5.02 Å². The quantitative estimate of drug-likeness (QED) is 0.0833. The zero-order chi connectivity index (χ0) is 55.5. The molecule has 0 radical (unpaired) electrons. The number of H-pyrrole nitrogens is 2. The van der Waals surface area contributed by atoms with Gasteiger partial charge in [-0.15, -0.1) is 0 Å². The maximum Gasteiger partial charge on any atom is 0.259 e. The van der Waals surface area contributed by atoms with Crippen LogP contribution in [-0.4, -0.2) is 117 Å². The fourth-order valence-electron chi connectivity index (χ4n) is 11.3. The summed E-state index contributed by atoms with van der Waals surface area (Å²) in [6.07, 6.45) is 10.4. The number of pyridine rings is 2. The van der Waals surface area contributed by atoms with E-state index in [9.17, 15) is 28.0 Å². The van der Waals surface area contributed by atoms with Crippen molar-refractivity contribution < 1.29 is 18.4 Å². The Morgan fingerprint density at radius 1 is 0.620 bits per heavy atom. The predicted molar refractivity (Wildman–Crippen MR) is 315 cm³/mol. The number of rotatable bonds is 14. The minimum atomic E-state index is -0.282. The maximum atomic E-state index is 13.8. The molecule has 2 saturated heterocycles. The average Bonchev–Trinajstić information content (AvgIpc) is 4.51. The molecule has 5 N–H and O–H groups in total. The lowest BCUT2D eigenvalue weighted by atomic mass is 10.00. The van der Waals surface area contributed by atoms with Gasteiger partial charge in [0, 0.05) is 96.7 Å². The van der Waals surface area contributed by atoms with E-state index in [1.807, 2.05) is 54.0 Å². The Hall–Kier alpha value is -6.15. The Morgan fingerprint density at radius 3 is 1.58 bits per heavy atom. The van der Waals surface area contributed by atoms with Crippen molar-refractivity contribution in [3.8, 4) is 0 Å². The third-order valence-corrected chi connectivity index (χ3v) is 17.2. The van der Waals surface area contributed by atoms with Crippen LogP contribution in [0.15, 0.2) is 114 Å². The van der Waals surface area contributed by atoms with Crippen LogP contribution in [0.1, 0.15) is 105 Å². The Balaban J connectivity index is 0.000000153. The standard InChI is InChI=1S/C30H31BrFN5O2.C21H21ClN4O2.C9H11BrFN/c1-18(12-19-13-22(32)4-5-24(19)31)34-25-6-7-33-29(38)28(25)27-15-20-14-23-21(16-26(20)35-27)17-37(30(23)39)11-10-36-8-2-3-9-36;22-16-3-4-23-20(27)19(16)18-10-13-9-15-14(11-17(13)24-18)12-26(21(15)28)8-7-25-5-1-2-6-25;1-6(12)4-7-5-8(11)2-3-9(7)10/h4-7,13-14,16,18H,2-3,8-12,15,17H2,1H3,(H2,33,34,38);3-4,9,11H,1-2,5-8,10,12H2,(H,23,27);2-3,5-6H,4,12H2,1H3/t18-;;6-/m0.0/s1. The van der Waals surface area contributed by atoms with Gasteiger partial charge in [0.15, 0.2) is 0 Å². The van der Waals surface area contributed by atoms with E-state index in [4.69, 9.17) is 22.3 Å². The molecule has 0 spiro atoms. The fourth-order valence-corrected chi connectivity index (χ4v) is 12.4. The summed E-state index contributed by atoms with van der Waals surface area (Å²) in [7, 11) is 0. The number of hydrogen-bond donors (Lipinski definition) is 4. The van der Waals surface area contributed by atoms with E-state index < -0.39 is 0 Å². The lowest BCUT2D eigenvalue weighted by Crippen LogP contribution is -2.33. The summed E-state index contributed by atoms with van der Waals surface area (Å²) in [5, 5.41) is 3.83. The molecule has 2 amide bonds. The van der Waals surface area contributed by atoms with Crippen LogP contribution < -0.4 is 22.2 Å². The van der Waals surface area contributed by atoms with E-state index >= 15 is 0 Å². The smallest absolute Gasteiger partial charge is 0.259 e. The number of fused-ring (bicyclic) bond motifs is 4. The molecule has 0 aliphatic carbocycles. The number of nitrogens with zero attached hydrogens (tertiary/aromatic N) is 6. The maximum absolute atomic E-state index is 13.8. The molecule has 19 heteroatoms. The number of benzene rings is 4. The summed E-state index contributed by atoms with van der Waals surface area (Å²) >= 11 is 13.1. The van der Waals surface area contributed by atoms with Gasteiger partial charge >= 0.3 is 0 Å². The highest BCUT2D eigenvalue weighted by molar-refractivity contribution is 9.10. The molecule has 0 saturated carbocycles. The Bertz CT molecular complexity index is 3500. The number of carbonyl (C=O) groups excluding carboxylic acids is 2. The van der Waals surface area contributed by atoms with Crippen LogP contribution in [0.5, 0.6) is 0 Å². The molecule has 79 heavy (non-hydrogen) atoms. The Kier molecular flexibility index (Phi) is 17.5. The molecule has 8 heterocycles. The first kappa shape index (κ1) is 56.1. The molecular formula is C60H63Br2ClF2N10O4. The van der Waals surface area contributed by atoms with Gasteiger partial charge < -0.3 is 40.6 Å². The number of nitrogens with one attached hydrogen (secondary N) is 3. The largest absolute Gasteiger partial charge is 0.382 e. The van der Waals surface area contributed by atoms with Gasteiger partial charge in [-0.05, 0) is 185 Å². The summed E-state index contributed by atoms with van der Waals surface area (Å²) in [6, 6.07) is 20.7. The highest BCUT2D eigenvalue weighted by Gasteiger charge is 2.33. The van der Waals surface area contributed by atoms with Crippen molar-refractivity contribution in [2.75, 3.05) is 57.7 Å². The molecule has 2 atom stereocenters. The average molecular weight is 1220 g/mol. The van der Waals surface area contributed by atoms with Crippen LogP contribution in [0, 0.1) is 11.6 Å². The van der Waals surface area contributed by atoms with Crippen molar-refractivity contribution in [2.45, 2.75) is 90.4 Å². The number of aromatic amines is 2. The molecule has 2 aromatic heterocycles. The first-order chi connectivity index (χ1) is 38.0. The van der Waals surface area contributed by atoms with Crippen molar-refractivity contribution in [1.82, 2.24) is 29.6 Å². The number of amides is 2. The molecule has 0 bridgehead atoms. The molecule has 412 valence electrons. The van der Waals surface area contributed by atoms with Crippen LogP contribution in [0.4, 0.5) is 25.8 Å². The second-order valence-electron chi connectivity index (χ2n) is 21.3. The zero-order valence-corrected chi connectivity index (χ0v) is 48.2. The third kappa shape index (κ3) is 13.1. The number of aromatic nitrogens is 2. The van der Waals surface area contributed by atoms with E-state index in [0.717, 1.165) is 117 Å². The number of aliphatic imine (C=N–C) groups is 2. The van der Waals surface area contributed by atoms with E-state index in [-0.39, 0.29) is 46.7 Å². The molecule has 14 nitrogen and oxygen atoms in total. The van der Waals surface area contributed by atoms with E-state index in [0.29, 0.717) is 72.0 Å². The van der Waals surface area contributed by atoms with Crippen LogP contribution >= 0.6 is 43.5 Å². The number of hydrogen-bond acceptors (Lipinski definition) is 10. The van der Waals surface area contributed by atoms with Crippen LogP contribution in [-0.2, 0) is 38.8 Å². The van der Waals surface area contributed by atoms with Crippen molar-refractivity contribution in [3.63, 3.8) is 0 Å². The van der Waals surface area contributed by atoms with E-state index in [2.05, 4.69) is 61.9 Å². The van der Waals surface area contributed by atoms with E-state index in [1.165, 1.54) is 56.1 Å². The number of carbonyl (C=O) groups is 2. The lowest BCUT2D eigenvalue weighted by molar-refractivity contribution is 0.0756. The zero-order valence-electron chi connectivity index (χ0n) is 44.2. The van der Waals surface area contributed by atoms with Gasteiger partial charge in [-0.2, -0.15) is 0 Å². The first-order valence-electron chi connectivity index (χ1n) is 27.0. The van der Waals surface area contributed by atoms with Gasteiger partial charge in [-0.3, -0.25) is 29.2 Å². The molecule has 6 aliphatic rings. The fraction of sp³-hybridized carbons (Fsp3) is 0.367. The molecule has 12 rings (SSSR count). The highest BCUT2D eigenvalue weighted by atomic mass is 79.9. The van der Waals surface area contributed by atoms with E-state index in [1.54, 1.807) is 24.4 Å². The van der Waals surface area contributed by atoms with Gasteiger partial charge in [0.05, 0.1) is 44.6 Å². The van der Waals surface area contributed by atoms with Gasteiger partial charge in [0.2, 0.25) is 0 Å². The third-order valence-electron chi connectivity index (χ3n) is 15.3. The minimum Gasteiger partial charge on any atom is -0.382 e. The monoisotopic (exact) mass is 1220 g/mol. The number of halogens is 5. The SMILES string of the molecule is C[C@@H](Cc1cc(F)ccc1Br)Nc1cc[nH]c(=O)c1C1=Nc2cc3c(cc2C1)C(=O)N(CCN1CCCC1)C3.C[C@H](N)Cc1cc(F)ccc1Br.O=C1c2cc3c(cc2CN1CCN1CCCC1)N=C(c1c(Cl)cc[nH]c1=O)C3. The highest BCUT2D eigenvalue weighted by Crippen LogP contribution is 2.38. The number of anilines is 1. The van der Waals surface area contributed by atoms with Crippen LogP contribution in [0.25, 0.3) is 0 Å². The van der Waals surface area contributed by atoms with Crippen molar-refractivity contribution in [3.05, 3.63) is 187 Å². The molecule has 4 aromatic carbocycles. The second-order valence-corrected chi connectivity index (χ2v) is 23.4. The van der Waals surface area contributed by atoms with Gasteiger partial charge in [0.1, 0.15) is 11.6 Å². The molecule has 0 unspecified atom stereocenters. The van der Waals surface area contributed by atoms with Crippen LogP contribution in [0.3, 0.4) is 0 Å². The topological polar surface area (TPSA) is 176 Å². The molecule has 6 aromatic rings. The van der Waals surface area contributed by atoms with Crippen molar-refractivity contribution in [2.24, 2.45) is 15.7 Å². The summed E-state index contributed by atoms with van der Waals surface area (Å²) in [6.45, 7) is 13.0. The lowest BCUT2D eigenvalue weighted by Gasteiger charge is -2.20. The first-order valence-corrected chi connectivity index (χ1v) is 29.0. The van der Waals surface area contributed by atoms with Crippen molar-refractivity contribution >= 4 is 83.8 Å². The van der Waals surface area contributed by atoms with Gasteiger partial charge in [0.25, 0.3) is 22.9 Å². The summed E-state index contributed by atoms with van der Waals surface area (Å²) < 4.78 is 28.3.